The van der Waals surface area contributed by atoms with Gasteiger partial charge in [0.2, 0.25) is 5.91 Å². The average molecular weight is 260 g/mol. The summed E-state index contributed by atoms with van der Waals surface area (Å²) in [5.41, 5.74) is 0.732. The first kappa shape index (κ1) is 11.7. The second-order valence-corrected chi connectivity index (χ2v) is 4.57. The molecule has 1 aromatic rings. The van der Waals surface area contributed by atoms with Gasteiger partial charge in [0, 0.05) is 12.2 Å². The molecule has 1 saturated heterocycles. The number of aliphatic hydroxyl groups excluding tert-OH is 1. The van der Waals surface area contributed by atoms with Gasteiger partial charge in [-0.15, -0.1) is 0 Å². The molecule has 1 atom stereocenters. The Hall–Kier alpha value is -0.770. The molecule has 1 amide bonds. The number of aliphatic hydroxyl groups is 1. The van der Waals surface area contributed by atoms with Crippen LogP contribution in [0.5, 0.6) is 0 Å². The molecule has 1 aromatic carbocycles. The normalized spacial score (nSPS) is 20.6. The van der Waals surface area contributed by atoms with Crippen molar-refractivity contribution in [2.24, 2.45) is 5.92 Å². The number of hydrogen-bond donors (Lipinski definition) is 1. The summed E-state index contributed by atoms with van der Waals surface area (Å²) in [7, 11) is 0. The minimum Gasteiger partial charge on any atom is -0.396 e. The van der Waals surface area contributed by atoms with Crippen molar-refractivity contribution < 1.29 is 9.90 Å². The Morgan fingerprint density at radius 3 is 2.69 bits per heavy atom. The molecule has 0 saturated carbocycles. The van der Waals surface area contributed by atoms with E-state index in [9.17, 15) is 4.79 Å². The van der Waals surface area contributed by atoms with Crippen LogP contribution >= 0.6 is 23.2 Å². The molecule has 16 heavy (non-hydrogen) atoms. The predicted octanol–water partition coefficient (Wildman–Crippen LogP) is 2.34. The van der Waals surface area contributed by atoms with Crippen molar-refractivity contribution in [2.75, 3.05) is 18.1 Å². The fourth-order valence-electron chi connectivity index (χ4n) is 1.82. The van der Waals surface area contributed by atoms with E-state index in [4.69, 9.17) is 28.3 Å². The Morgan fingerprint density at radius 1 is 1.38 bits per heavy atom. The topological polar surface area (TPSA) is 40.5 Å². The van der Waals surface area contributed by atoms with E-state index in [1.807, 2.05) is 0 Å². The number of anilines is 1. The number of amides is 1. The summed E-state index contributed by atoms with van der Waals surface area (Å²) >= 11 is 11.7. The third-order valence-corrected chi connectivity index (χ3v) is 3.49. The van der Waals surface area contributed by atoms with E-state index in [0.717, 1.165) is 5.69 Å². The molecule has 0 aromatic heterocycles. The monoisotopic (exact) mass is 259 g/mol. The second kappa shape index (κ2) is 4.62. The number of nitrogens with zero attached hydrogens (tertiary/aromatic N) is 1. The van der Waals surface area contributed by atoms with Crippen LogP contribution in [0, 0.1) is 5.92 Å². The van der Waals surface area contributed by atoms with Crippen molar-refractivity contribution >= 4 is 34.8 Å². The van der Waals surface area contributed by atoms with Gasteiger partial charge in [-0.25, -0.2) is 0 Å². The lowest BCUT2D eigenvalue weighted by molar-refractivity contribution is -0.121. The number of benzene rings is 1. The zero-order valence-corrected chi connectivity index (χ0v) is 10.0. The molecule has 0 spiro atoms. The van der Waals surface area contributed by atoms with Crippen molar-refractivity contribution in [1.29, 1.82) is 0 Å². The first-order valence-electron chi connectivity index (χ1n) is 5.00. The summed E-state index contributed by atoms with van der Waals surface area (Å²) in [5.74, 6) is -0.338. The van der Waals surface area contributed by atoms with Crippen LogP contribution in [0.25, 0.3) is 0 Å². The summed E-state index contributed by atoms with van der Waals surface area (Å²) in [6, 6.07) is 5.09. The van der Waals surface area contributed by atoms with Crippen LogP contribution in [-0.4, -0.2) is 24.2 Å². The molecule has 86 valence electrons. The lowest BCUT2D eigenvalue weighted by atomic mass is 10.1. The van der Waals surface area contributed by atoms with E-state index in [-0.39, 0.29) is 18.4 Å². The van der Waals surface area contributed by atoms with Gasteiger partial charge < -0.3 is 10.0 Å². The minimum absolute atomic E-state index is 0.0547. The van der Waals surface area contributed by atoms with Crippen molar-refractivity contribution in [3.8, 4) is 0 Å². The Balaban J connectivity index is 2.25. The van der Waals surface area contributed by atoms with E-state index in [2.05, 4.69) is 0 Å². The van der Waals surface area contributed by atoms with Crippen molar-refractivity contribution in [3.05, 3.63) is 28.2 Å². The summed E-state index contributed by atoms with van der Waals surface area (Å²) < 4.78 is 0. The van der Waals surface area contributed by atoms with Gasteiger partial charge in [-0.3, -0.25) is 4.79 Å². The van der Waals surface area contributed by atoms with E-state index in [0.29, 0.717) is 23.0 Å². The highest BCUT2D eigenvalue weighted by atomic mass is 35.5. The number of hydrogen-bond acceptors (Lipinski definition) is 2. The molecule has 0 radical (unpaired) electrons. The number of carbonyl (C=O) groups is 1. The number of halogens is 2. The Labute approximate surface area is 104 Å². The first-order chi connectivity index (χ1) is 7.63. The standard InChI is InChI=1S/C11H11Cl2NO2/c12-9-2-1-8(5-10(9)13)14-4-3-7(6-15)11(14)16/h1-2,5,7,15H,3-4,6H2. The smallest absolute Gasteiger partial charge is 0.232 e. The highest BCUT2D eigenvalue weighted by molar-refractivity contribution is 6.42. The van der Waals surface area contributed by atoms with Gasteiger partial charge in [-0.2, -0.15) is 0 Å². The van der Waals surface area contributed by atoms with Crippen LogP contribution in [0.2, 0.25) is 10.0 Å². The molecule has 1 aliphatic rings. The maximum atomic E-state index is 11.8. The Kier molecular flexibility index (Phi) is 3.38. The molecule has 1 fully saturated rings. The lowest BCUT2D eigenvalue weighted by Gasteiger charge is -2.17. The molecule has 5 heteroatoms. The zero-order chi connectivity index (χ0) is 11.7. The highest BCUT2D eigenvalue weighted by Gasteiger charge is 2.31. The second-order valence-electron chi connectivity index (χ2n) is 3.76. The predicted molar refractivity (Wildman–Crippen MR) is 64.0 cm³/mol. The fraction of sp³-hybridized carbons (Fsp3) is 0.364. The first-order valence-corrected chi connectivity index (χ1v) is 5.76. The molecule has 3 nitrogen and oxygen atoms in total. The van der Waals surface area contributed by atoms with Crippen LogP contribution in [0.3, 0.4) is 0 Å². The van der Waals surface area contributed by atoms with Gasteiger partial charge in [0.1, 0.15) is 0 Å². The molecule has 1 aliphatic heterocycles. The molecular formula is C11H11Cl2NO2. The van der Waals surface area contributed by atoms with Crippen LogP contribution in [0.4, 0.5) is 5.69 Å². The van der Waals surface area contributed by atoms with Crippen molar-refractivity contribution in [1.82, 2.24) is 0 Å². The van der Waals surface area contributed by atoms with Gasteiger partial charge in [0.15, 0.2) is 0 Å². The van der Waals surface area contributed by atoms with Crippen LogP contribution in [0.15, 0.2) is 18.2 Å². The quantitative estimate of drug-likeness (QED) is 0.886. The van der Waals surface area contributed by atoms with Gasteiger partial charge in [-0.1, -0.05) is 23.2 Å². The Bertz CT molecular complexity index is 422. The summed E-state index contributed by atoms with van der Waals surface area (Å²) in [6.45, 7) is 0.513. The zero-order valence-electron chi connectivity index (χ0n) is 8.49. The third-order valence-electron chi connectivity index (χ3n) is 2.75. The number of rotatable bonds is 2. The summed E-state index contributed by atoms with van der Waals surface area (Å²) in [6.07, 6.45) is 0.676. The molecule has 1 N–H and O–H groups in total. The Morgan fingerprint density at radius 2 is 2.12 bits per heavy atom. The largest absolute Gasteiger partial charge is 0.396 e. The molecular weight excluding hydrogens is 249 g/mol. The third kappa shape index (κ3) is 2.03. The summed E-state index contributed by atoms with van der Waals surface area (Å²) in [5, 5.41) is 9.90. The van der Waals surface area contributed by atoms with Crippen molar-refractivity contribution in [2.45, 2.75) is 6.42 Å². The van der Waals surface area contributed by atoms with Gasteiger partial charge in [0.05, 0.1) is 22.6 Å². The van der Waals surface area contributed by atoms with Gasteiger partial charge in [-0.05, 0) is 24.6 Å². The molecule has 1 unspecified atom stereocenters. The lowest BCUT2D eigenvalue weighted by Crippen LogP contribution is -2.28. The molecule has 1 heterocycles. The fourth-order valence-corrected chi connectivity index (χ4v) is 2.11. The SMILES string of the molecule is O=C1C(CO)CCN1c1ccc(Cl)c(Cl)c1. The van der Waals surface area contributed by atoms with E-state index in [1.165, 1.54) is 0 Å². The minimum atomic E-state index is -0.283. The maximum Gasteiger partial charge on any atom is 0.232 e. The molecule has 0 bridgehead atoms. The van der Waals surface area contributed by atoms with Crippen LogP contribution in [0.1, 0.15) is 6.42 Å². The van der Waals surface area contributed by atoms with Crippen LogP contribution in [-0.2, 0) is 4.79 Å². The van der Waals surface area contributed by atoms with Gasteiger partial charge >= 0.3 is 0 Å². The molecule has 2 rings (SSSR count). The van der Waals surface area contributed by atoms with Gasteiger partial charge in [0.25, 0.3) is 0 Å². The van der Waals surface area contributed by atoms with Crippen LogP contribution < -0.4 is 4.90 Å². The van der Waals surface area contributed by atoms with E-state index >= 15 is 0 Å². The van der Waals surface area contributed by atoms with Crippen molar-refractivity contribution in [3.63, 3.8) is 0 Å². The summed E-state index contributed by atoms with van der Waals surface area (Å²) in [4.78, 5) is 13.5. The number of carbonyl (C=O) groups excluding carboxylic acids is 1. The highest BCUT2D eigenvalue weighted by Crippen LogP contribution is 2.30. The van der Waals surface area contributed by atoms with E-state index < -0.39 is 0 Å². The molecule has 0 aliphatic carbocycles. The van der Waals surface area contributed by atoms with E-state index in [1.54, 1.807) is 23.1 Å². The maximum absolute atomic E-state index is 11.8. The average Bonchev–Trinajstić information content (AvgIpc) is 2.64.